The highest BCUT2D eigenvalue weighted by Crippen LogP contribution is 2.33. The minimum absolute atomic E-state index is 0.191. The van der Waals surface area contributed by atoms with E-state index in [1.165, 1.54) is 21.7 Å². The Hall–Kier alpha value is -3.69. The largest absolute Gasteiger partial charge is 0.467 e. The van der Waals surface area contributed by atoms with Crippen molar-refractivity contribution in [1.82, 2.24) is 14.3 Å². The maximum absolute atomic E-state index is 13.5. The number of hydrogen-bond acceptors (Lipinski definition) is 7. The summed E-state index contributed by atoms with van der Waals surface area (Å²) in [5.41, 5.74) is 2.67. The molecule has 0 unspecified atom stereocenters. The second kappa shape index (κ2) is 10.5. The molecule has 0 aliphatic carbocycles. The van der Waals surface area contributed by atoms with Crippen molar-refractivity contribution in [3.63, 3.8) is 0 Å². The Bertz CT molecular complexity index is 1510. The standard InChI is InChI=1S/C27H24N4O3S2/c1-18-8-5-13-30-24(18)29-23(28-17-20-12-7-15-34-20)21(25(30)32)16-22-26(33)31(27(35)36-22)14-6-11-19-9-3-2-4-10-19/h2-5,7-10,12-13,15-16,28H,6,11,14,17H2,1H3/b22-16-. The fourth-order valence-corrected chi connectivity index (χ4v) is 5.36. The van der Waals surface area contributed by atoms with E-state index in [4.69, 9.17) is 21.6 Å². The van der Waals surface area contributed by atoms with Gasteiger partial charge in [0.2, 0.25) is 0 Å². The SMILES string of the molecule is Cc1cccn2c(=O)c(/C=C3\SC(=S)N(CCCc4ccccc4)C3=O)c(NCc3ccco3)nc12. The molecule has 182 valence electrons. The van der Waals surface area contributed by atoms with Gasteiger partial charge in [0, 0.05) is 12.7 Å². The molecule has 0 atom stereocenters. The first-order valence-electron chi connectivity index (χ1n) is 11.6. The molecule has 1 aliphatic rings. The van der Waals surface area contributed by atoms with Crippen molar-refractivity contribution in [3.05, 3.63) is 105 Å². The molecular formula is C27H24N4O3S2. The molecule has 0 radical (unpaired) electrons. The Balaban J connectivity index is 1.43. The summed E-state index contributed by atoms with van der Waals surface area (Å²) in [6, 6.07) is 17.5. The van der Waals surface area contributed by atoms with Crippen LogP contribution in [0.15, 0.2) is 81.2 Å². The highest BCUT2D eigenvalue weighted by atomic mass is 32.2. The van der Waals surface area contributed by atoms with Gasteiger partial charge >= 0.3 is 0 Å². The third kappa shape index (κ3) is 4.98. The van der Waals surface area contributed by atoms with E-state index in [0.29, 0.717) is 45.1 Å². The maximum atomic E-state index is 13.5. The molecular weight excluding hydrogens is 492 g/mol. The number of anilines is 1. The molecule has 1 aromatic carbocycles. The number of benzene rings is 1. The first kappa shape index (κ1) is 24.0. The molecule has 0 spiro atoms. The summed E-state index contributed by atoms with van der Waals surface area (Å²) >= 11 is 6.72. The molecule has 1 fully saturated rings. The Labute approximate surface area is 217 Å². The first-order chi connectivity index (χ1) is 17.5. The van der Waals surface area contributed by atoms with Crippen LogP contribution in [0.25, 0.3) is 11.7 Å². The Morgan fingerprint density at radius 1 is 1.11 bits per heavy atom. The fraction of sp³-hybridized carbons (Fsp3) is 0.185. The Morgan fingerprint density at radius 3 is 2.72 bits per heavy atom. The number of carbonyl (C=O) groups is 1. The number of pyridine rings is 1. The van der Waals surface area contributed by atoms with Gasteiger partial charge in [-0.15, -0.1) is 0 Å². The number of aromatic nitrogens is 2. The van der Waals surface area contributed by atoms with E-state index >= 15 is 0 Å². The summed E-state index contributed by atoms with van der Waals surface area (Å²) in [7, 11) is 0. The summed E-state index contributed by atoms with van der Waals surface area (Å²) in [4.78, 5) is 33.5. The number of nitrogens with zero attached hydrogens (tertiary/aromatic N) is 3. The van der Waals surface area contributed by atoms with Gasteiger partial charge in [0.15, 0.2) is 0 Å². The van der Waals surface area contributed by atoms with Crippen LogP contribution in [0.5, 0.6) is 0 Å². The Morgan fingerprint density at radius 2 is 1.94 bits per heavy atom. The molecule has 0 bridgehead atoms. The highest BCUT2D eigenvalue weighted by molar-refractivity contribution is 8.26. The van der Waals surface area contributed by atoms with Gasteiger partial charge in [-0.3, -0.25) is 18.9 Å². The fourth-order valence-electron chi connectivity index (χ4n) is 4.07. The summed E-state index contributed by atoms with van der Waals surface area (Å²) in [5.74, 6) is 0.904. The predicted octanol–water partition coefficient (Wildman–Crippen LogP) is 5.04. The van der Waals surface area contributed by atoms with Gasteiger partial charge in [0.25, 0.3) is 11.5 Å². The van der Waals surface area contributed by atoms with Crippen molar-refractivity contribution in [2.24, 2.45) is 0 Å². The molecule has 36 heavy (non-hydrogen) atoms. The molecule has 1 aliphatic heterocycles. The van der Waals surface area contributed by atoms with Crippen molar-refractivity contribution in [2.75, 3.05) is 11.9 Å². The van der Waals surface area contributed by atoms with E-state index in [1.807, 2.05) is 37.3 Å². The number of carbonyl (C=O) groups excluding carboxylic acids is 1. The molecule has 4 aromatic rings. The molecule has 1 amide bonds. The predicted molar refractivity (Wildman–Crippen MR) is 147 cm³/mol. The van der Waals surface area contributed by atoms with Crippen molar-refractivity contribution in [2.45, 2.75) is 26.3 Å². The molecule has 3 aromatic heterocycles. The average molecular weight is 517 g/mol. The van der Waals surface area contributed by atoms with Crippen LogP contribution < -0.4 is 10.9 Å². The molecule has 1 saturated heterocycles. The molecule has 0 saturated carbocycles. The van der Waals surface area contributed by atoms with Crippen LogP contribution >= 0.6 is 24.0 Å². The van der Waals surface area contributed by atoms with Crippen molar-refractivity contribution < 1.29 is 9.21 Å². The van der Waals surface area contributed by atoms with E-state index in [9.17, 15) is 9.59 Å². The topological polar surface area (TPSA) is 79.9 Å². The number of amides is 1. The number of furan rings is 1. The quantitative estimate of drug-likeness (QED) is 0.260. The van der Waals surface area contributed by atoms with Crippen LogP contribution in [0.1, 0.15) is 28.9 Å². The number of rotatable bonds is 8. The van der Waals surface area contributed by atoms with Gasteiger partial charge in [-0.25, -0.2) is 4.98 Å². The summed E-state index contributed by atoms with van der Waals surface area (Å²) in [6.45, 7) is 2.77. The summed E-state index contributed by atoms with van der Waals surface area (Å²) < 4.78 is 7.41. The van der Waals surface area contributed by atoms with Crippen LogP contribution in [-0.4, -0.2) is 31.1 Å². The van der Waals surface area contributed by atoms with Gasteiger partial charge in [-0.05, 0) is 55.2 Å². The number of aryl methyl sites for hydroxylation is 2. The lowest BCUT2D eigenvalue weighted by atomic mass is 10.1. The smallest absolute Gasteiger partial charge is 0.267 e. The van der Waals surface area contributed by atoms with Crippen LogP contribution in [-0.2, 0) is 17.8 Å². The molecule has 1 N–H and O–H groups in total. The lowest BCUT2D eigenvalue weighted by Crippen LogP contribution is -2.29. The van der Waals surface area contributed by atoms with Crippen LogP contribution in [0.3, 0.4) is 0 Å². The van der Waals surface area contributed by atoms with Crippen LogP contribution in [0, 0.1) is 6.92 Å². The maximum Gasteiger partial charge on any atom is 0.267 e. The number of thiocarbonyl (C=S) groups is 1. The number of nitrogens with one attached hydrogen (secondary N) is 1. The van der Waals surface area contributed by atoms with Gasteiger partial charge in [0.05, 0.1) is 23.3 Å². The second-order valence-corrected chi connectivity index (χ2v) is 10.1. The molecule has 7 nitrogen and oxygen atoms in total. The summed E-state index contributed by atoms with van der Waals surface area (Å²) in [6.07, 6.45) is 6.52. The molecule has 5 rings (SSSR count). The lowest BCUT2D eigenvalue weighted by Gasteiger charge is -2.14. The van der Waals surface area contributed by atoms with Gasteiger partial charge < -0.3 is 9.73 Å². The minimum atomic E-state index is -0.264. The monoisotopic (exact) mass is 516 g/mol. The normalized spacial score (nSPS) is 14.8. The van der Waals surface area contributed by atoms with Gasteiger partial charge in [-0.1, -0.05) is 60.4 Å². The molecule has 4 heterocycles. The lowest BCUT2D eigenvalue weighted by molar-refractivity contribution is -0.122. The van der Waals surface area contributed by atoms with E-state index in [2.05, 4.69) is 17.4 Å². The second-order valence-electron chi connectivity index (χ2n) is 8.42. The van der Waals surface area contributed by atoms with E-state index < -0.39 is 0 Å². The third-order valence-electron chi connectivity index (χ3n) is 5.93. The Kier molecular flexibility index (Phi) is 7.02. The van der Waals surface area contributed by atoms with Crippen molar-refractivity contribution in [1.29, 1.82) is 0 Å². The zero-order valence-electron chi connectivity index (χ0n) is 19.6. The van der Waals surface area contributed by atoms with Crippen molar-refractivity contribution in [3.8, 4) is 0 Å². The highest BCUT2D eigenvalue weighted by Gasteiger charge is 2.32. The number of hydrogen-bond donors (Lipinski definition) is 1. The zero-order chi connectivity index (χ0) is 25.1. The number of thioether (sulfide) groups is 1. The van der Waals surface area contributed by atoms with E-state index in [0.717, 1.165) is 18.4 Å². The first-order valence-corrected chi connectivity index (χ1v) is 12.8. The van der Waals surface area contributed by atoms with E-state index in [1.54, 1.807) is 35.6 Å². The average Bonchev–Trinajstić information content (AvgIpc) is 3.49. The minimum Gasteiger partial charge on any atom is -0.467 e. The summed E-state index contributed by atoms with van der Waals surface area (Å²) in [5, 5.41) is 3.21. The third-order valence-corrected chi connectivity index (χ3v) is 7.31. The van der Waals surface area contributed by atoms with Gasteiger partial charge in [0.1, 0.15) is 21.5 Å². The van der Waals surface area contributed by atoms with E-state index in [-0.39, 0.29) is 11.5 Å². The molecule has 9 heteroatoms. The number of fused-ring (bicyclic) bond motifs is 1. The zero-order valence-corrected chi connectivity index (χ0v) is 21.3. The van der Waals surface area contributed by atoms with Crippen LogP contribution in [0.2, 0.25) is 0 Å². The van der Waals surface area contributed by atoms with Crippen LogP contribution in [0.4, 0.5) is 5.82 Å². The van der Waals surface area contributed by atoms with Gasteiger partial charge in [-0.2, -0.15) is 0 Å². The van der Waals surface area contributed by atoms with Crippen molar-refractivity contribution >= 4 is 51.7 Å².